The van der Waals surface area contributed by atoms with Crippen LogP contribution >= 0.6 is 11.8 Å². The van der Waals surface area contributed by atoms with Gasteiger partial charge in [0.2, 0.25) is 5.91 Å². The van der Waals surface area contributed by atoms with E-state index >= 15 is 0 Å². The second-order valence-corrected chi connectivity index (χ2v) is 9.20. The number of thioether (sulfide) groups is 1. The molecule has 1 amide bonds. The summed E-state index contributed by atoms with van der Waals surface area (Å²) in [6, 6.07) is 6.70. The fourth-order valence-electron chi connectivity index (χ4n) is 4.78. The number of benzene rings is 1. The molecule has 5 nitrogen and oxygen atoms in total. The van der Waals surface area contributed by atoms with Crippen LogP contribution in [-0.2, 0) is 4.79 Å². The van der Waals surface area contributed by atoms with Crippen LogP contribution in [0.2, 0.25) is 0 Å². The first-order valence-corrected chi connectivity index (χ1v) is 11.2. The minimum Gasteiger partial charge on any atom is -0.490 e. The third-order valence-corrected chi connectivity index (χ3v) is 7.02. The van der Waals surface area contributed by atoms with Gasteiger partial charge in [-0.3, -0.25) is 4.79 Å². The van der Waals surface area contributed by atoms with Crippen LogP contribution in [0.5, 0.6) is 11.5 Å². The molecule has 6 heteroatoms. The van der Waals surface area contributed by atoms with Gasteiger partial charge >= 0.3 is 0 Å². The van der Waals surface area contributed by atoms with Crippen molar-refractivity contribution in [1.82, 2.24) is 5.32 Å². The molecule has 1 heterocycles. The molecular weight excluding hydrogens is 360 g/mol. The fourth-order valence-corrected chi connectivity index (χ4v) is 5.66. The number of nitrogens with one attached hydrogen (secondary N) is 1. The lowest BCUT2D eigenvalue weighted by Gasteiger charge is -2.45. The maximum Gasteiger partial charge on any atom is 0.221 e. The van der Waals surface area contributed by atoms with Gasteiger partial charge in [0.25, 0.3) is 0 Å². The summed E-state index contributed by atoms with van der Waals surface area (Å²) in [6.07, 6.45) is 7.28. The highest BCUT2D eigenvalue weighted by Crippen LogP contribution is 2.40. The molecule has 2 unspecified atom stereocenters. The molecule has 1 aromatic rings. The van der Waals surface area contributed by atoms with Crippen molar-refractivity contribution < 1.29 is 14.3 Å². The third-order valence-electron chi connectivity index (χ3n) is 6.02. The average Bonchev–Trinajstić information content (AvgIpc) is 2.87. The number of hydrogen-bond acceptors (Lipinski definition) is 5. The summed E-state index contributed by atoms with van der Waals surface area (Å²) in [4.78, 5) is 13.6. The Labute approximate surface area is 165 Å². The summed E-state index contributed by atoms with van der Waals surface area (Å²) >= 11 is 1.70. The minimum atomic E-state index is 0.175. The van der Waals surface area contributed by atoms with Gasteiger partial charge in [-0.15, -0.1) is 11.8 Å². The van der Waals surface area contributed by atoms with E-state index in [9.17, 15) is 4.79 Å². The van der Waals surface area contributed by atoms with Crippen molar-refractivity contribution in [2.45, 2.75) is 61.9 Å². The third kappa shape index (κ3) is 4.72. The van der Waals surface area contributed by atoms with Crippen LogP contribution in [0.4, 0.5) is 0 Å². The summed E-state index contributed by atoms with van der Waals surface area (Å²) in [6.45, 7) is 1.39. The number of ether oxygens (including phenoxy) is 2. The van der Waals surface area contributed by atoms with Crippen molar-refractivity contribution in [3.63, 3.8) is 0 Å². The Bertz CT molecular complexity index is 655. The number of nitrogens with two attached hydrogens (primary N) is 1. The Morgan fingerprint density at radius 3 is 2.63 bits per heavy atom. The van der Waals surface area contributed by atoms with Crippen LogP contribution in [0.15, 0.2) is 23.1 Å². The van der Waals surface area contributed by atoms with Gasteiger partial charge in [0.05, 0.1) is 13.2 Å². The van der Waals surface area contributed by atoms with E-state index in [-0.39, 0.29) is 5.91 Å². The van der Waals surface area contributed by atoms with Crippen molar-refractivity contribution in [1.29, 1.82) is 0 Å². The van der Waals surface area contributed by atoms with Crippen molar-refractivity contribution in [2.75, 3.05) is 19.0 Å². The van der Waals surface area contributed by atoms with Gasteiger partial charge in [-0.2, -0.15) is 0 Å². The molecule has 1 aromatic carbocycles. The zero-order valence-electron chi connectivity index (χ0n) is 15.8. The van der Waals surface area contributed by atoms with Crippen molar-refractivity contribution in [3.8, 4) is 11.5 Å². The molecule has 0 spiro atoms. The van der Waals surface area contributed by atoms with Gasteiger partial charge in [-0.05, 0) is 55.7 Å². The summed E-state index contributed by atoms with van der Waals surface area (Å²) in [5.41, 5.74) is 6.19. The van der Waals surface area contributed by atoms with E-state index in [0.29, 0.717) is 43.6 Å². The molecule has 4 rings (SSSR count). The van der Waals surface area contributed by atoms with Crippen LogP contribution in [0, 0.1) is 11.8 Å². The molecular formula is C21H30N2O3S. The highest BCUT2D eigenvalue weighted by Gasteiger charge is 2.39. The van der Waals surface area contributed by atoms with E-state index in [1.807, 2.05) is 18.2 Å². The second-order valence-electron chi connectivity index (χ2n) is 8.03. The molecule has 0 saturated heterocycles. The Balaban J connectivity index is 1.26. The first kappa shape index (κ1) is 18.9. The molecule has 27 heavy (non-hydrogen) atoms. The van der Waals surface area contributed by atoms with Crippen LogP contribution in [0.25, 0.3) is 0 Å². The summed E-state index contributed by atoms with van der Waals surface area (Å²) < 4.78 is 11.4. The molecule has 2 atom stereocenters. The molecule has 2 aliphatic carbocycles. The van der Waals surface area contributed by atoms with E-state index in [2.05, 4.69) is 5.32 Å². The molecule has 2 bridgehead atoms. The number of fused-ring (bicyclic) bond motifs is 3. The topological polar surface area (TPSA) is 73.6 Å². The monoisotopic (exact) mass is 390 g/mol. The minimum absolute atomic E-state index is 0.175. The maximum absolute atomic E-state index is 12.5. The summed E-state index contributed by atoms with van der Waals surface area (Å²) in [5.74, 6) is 3.73. The smallest absolute Gasteiger partial charge is 0.221 e. The van der Waals surface area contributed by atoms with Gasteiger partial charge in [0, 0.05) is 35.6 Å². The van der Waals surface area contributed by atoms with E-state index in [0.717, 1.165) is 41.4 Å². The van der Waals surface area contributed by atoms with Gasteiger partial charge in [0.15, 0.2) is 11.5 Å². The van der Waals surface area contributed by atoms with E-state index in [1.165, 1.54) is 19.3 Å². The largest absolute Gasteiger partial charge is 0.490 e. The number of rotatable bonds is 5. The van der Waals surface area contributed by atoms with Crippen molar-refractivity contribution in [2.24, 2.45) is 17.6 Å². The zero-order chi connectivity index (χ0) is 18.6. The molecule has 2 saturated carbocycles. The Kier molecular flexibility index (Phi) is 6.13. The molecule has 1 aliphatic heterocycles. The SMILES string of the molecule is NC1CC2CCCC(C1)C2NC(=O)CCSc1ccc2c(c1)OCCCO2. The molecule has 3 N–H and O–H groups in total. The van der Waals surface area contributed by atoms with Gasteiger partial charge in [0.1, 0.15) is 0 Å². The molecule has 3 aliphatic rings. The Morgan fingerprint density at radius 1 is 1.11 bits per heavy atom. The lowest BCUT2D eigenvalue weighted by atomic mass is 9.67. The summed E-state index contributed by atoms with van der Waals surface area (Å²) in [5, 5.41) is 3.33. The zero-order valence-corrected chi connectivity index (χ0v) is 16.6. The highest BCUT2D eigenvalue weighted by molar-refractivity contribution is 7.99. The van der Waals surface area contributed by atoms with Gasteiger partial charge in [-0.25, -0.2) is 0 Å². The van der Waals surface area contributed by atoms with Gasteiger partial charge in [-0.1, -0.05) is 6.42 Å². The van der Waals surface area contributed by atoms with Crippen molar-refractivity contribution >= 4 is 17.7 Å². The lowest BCUT2D eigenvalue weighted by Crippen LogP contribution is -2.53. The van der Waals surface area contributed by atoms with E-state index in [4.69, 9.17) is 15.2 Å². The average molecular weight is 391 g/mol. The number of hydrogen-bond donors (Lipinski definition) is 2. The van der Waals surface area contributed by atoms with Crippen LogP contribution in [0.3, 0.4) is 0 Å². The van der Waals surface area contributed by atoms with Crippen molar-refractivity contribution in [3.05, 3.63) is 18.2 Å². The predicted octanol–water partition coefficient (Wildman–Crippen LogP) is 3.35. The molecule has 0 aromatic heterocycles. The Morgan fingerprint density at radius 2 is 1.85 bits per heavy atom. The van der Waals surface area contributed by atoms with Gasteiger partial charge < -0.3 is 20.5 Å². The quantitative estimate of drug-likeness (QED) is 0.754. The Hall–Kier alpha value is -1.40. The van der Waals surface area contributed by atoms with E-state index in [1.54, 1.807) is 11.8 Å². The molecule has 148 valence electrons. The molecule has 0 radical (unpaired) electrons. The van der Waals surface area contributed by atoms with Crippen LogP contribution in [-0.4, -0.2) is 37.0 Å². The highest BCUT2D eigenvalue weighted by atomic mass is 32.2. The molecule has 2 fully saturated rings. The van der Waals surface area contributed by atoms with Crippen LogP contribution in [0.1, 0.15) is 44.9 Å². The maximum atomic E-state index is 12.5. The first-order chi connectivity index (χ1) is 13.2. The number of carbonyl (C=O) groups is 1. The normalized spacial score (nSPS) is 29.7. The summed E-state index contributed by atoms with van der Waals surface area (Å²) in [7, 11) is 0. The standard InChI is InChI=1S/C21H30N2O3S/c22-16-11-14-3-1-4-15(12-16)21(14)23-20(24)7-10-27-17-5-6-18-19(13-17)26-9-2-8-25-18/h5-6,13-16,21H,1-4,7-12,22H2,(H,23,24). The van der Waals surface area contributed by atoms with E-state index < -0.39 is 0 Å². The number of amides is 1. The predicted molar refractivity (Wildman–Crippen MR) is 107 cm³/mol. The van der Waals surface area contributed by atoms with Crippen LogP contribution < -0.4 is 20.5 Å². The number of carbonyl (C=O) groups excluding carboxylic acids is 1. The fraction of sp³-hybridized carbons (Fsp3) is 0.667. The lowest BCUT2D eigenvalue weighted by molar-refractivity contribution is -0.123. The first-order valence-electron chi connectivity index (χ1n) is 10.3. The second kappa shape index (κ2) is 8.74.